The molecule has 1 aromatic rings. The van der Waals surface area contributed by atoms with Crippen LogP contribution < -0.4 is 10.5 Å². The molecule has 0 aliphatic carbocycles. The summed E-state index contributed by atoms with van der Waals surface area (Å²) in [5, 5.41) is 9.65. The second-order valence-electron chi connectivity index (χ2n) is 5.34. The second-order valence-corrected chi connectivity index (χ2v) is 5.34. The van der Waals surface area contributed by atoms with E-state index in [-0.39, 0.29) is 17.9 Å². The van der Waals surface area contributed by atoms with E-state index in [2.05, 4.69) is 0 Å². The first kappa shape index (κ1) is 14.7. The van der Waals surface area contributed by atoms with Gasteiger partial charge in [0, 0.05) is 24.8 Å². The molecule has 0 radical (unpaired) electrons. The summed E-state index contributed by atoms with van der Waals surface area (Å²) in [6.07, 6.45) is 0.711. The predicted molar refractivity (Wildman–Crippen MR) is 77.3 cm³/mol. The third-order valence-corrected chi connectivity index (χ3v) is 3.66. The van der Waals surface area contributed by atoms with Crippen molar-refractivity contribution in [3.8, 4) is 5.75 Å². The van der Waals surface area contributed by atoms with Crippen LogP contribution in [0.2, 0.25) is 0 Å². The number of amides is 1. The average Bonchev–Trinajstić information content (AvgIpc) is 2.42. The number of hydrogen-bond acceptors (Lipinski definition) is 4. The number of anilines is 1. The van der Waals surface area contributed by atoms with Crippen molar-refractivity contribution in [3.63, 3.8) is 0 Å². The van der Waals surface area contributed by atoms with Crippen LogP contribution in [0.3, 0.4) is 0 Å². The number of aliphatic hydroxyl groups is 1. The summed E-state index contributed by atoms with van der Waals surface area (Å²) in [6, 6.07) is 7.17. The maximum absolute atomic E-state index is 12.0. The highest BCUT2D eigenvalue weighted by Gasteiger charge is 2.26. The first-order chi connectivity index (χ1) is 9.56. The Balaban J connectivity index is 1.75. The van der Waals surface area contributed by atoms with Gasteiger partial charge in [-0.3, -0.25) is 4.79 Å². The van der Waals surface area contributed by atoms with Gasteiger partial charge in [0.05, 0.1) is 19.1 Å². The lowest BCUT2D eigenvalue weighted by Gasteiger charge is -2.34. The third kappa shape index (κ3) is 3.87. The van der Waals surface area contributed by atoms with E-state index in [1.165, 1.54) is 0 Å². The lowest BCUT2D eigenvalue weighted by molar-refractivity contribution is -0.135. The molecular weight excluding hydrogens is 256 g/mol. The molecule has 2 unspecified atom stereocenters. The molecule has 0 saturated carbocycles. The number of carbonyl (C=O) groups excluding carboxylic acids is 1. The molecule has 20 heavy (non-hydrogen) atoms. The normalized spacial score (nSPS) is 22.6. The molecule has 1 saturated heterocycles. The number of nitrogen functional groups attached to an aromatic ring is 1. The van der Waals surface area contributed by atoms with Gasteiger partial charge in [0.1, 0.15) is 5.75 Å². The van der Waals surface area contributed by atoms with Crippen molar-refractivity contribution in [1.29, 1.82) is 0 Å². The number of aliphatic hydroxyl groups excluding tert-OH is 1. The number of rotatable bonds is 4. The van der Waals surface area contributed by atoms with Crippen LogP contribution in [-0.4, -0.2) is 41.7 Å². The molecule has 5 nitrogen and oxygen atoms in total. The number of likely N-dealkylation sites (tertiary alicyclic amines) is 1. The molecule has 1 aliphatic heterocycles. The molecule has 1 heterocycles. The van der Waals surface area contributed by atoms with E-state index in [1.807, 2.05) is 19.1 Å². The molecule has 0 bridgehead atoms. The van der Waals surface area contributed by atoms with Crippen LogP contribution in [0.1, 0.15) is 19.8 Å². The highest BCUT2D eigenvalue weighted by molar-refractivity contribution is 5.76. The fourth-order valence-electron chi connectivity index (χ4n) is 2.38. The summed E-state index contributed by atoms with van der Waals surface area (Å²) in [6.45, 7) is 3.56. The molecule has 3 N–H and O–H groups in total. The minimum Gasteiger partial charge on any atom is -0.493 e. The van der Waals surface area contributed by atoms with E-state index in [0.29, 0.717) is 44.0 Å². The summed E-state index contributed by atoms with van der Waals surface area (Å²) in [5.41, 5.74) is 6.30. The zero-order chi connectivity index (χ0) is 14.5. The zero-order valence-corrected chi connectivity index (χ0v) is 11.8. The topological polar surface area (TPSA) is 75.8 Å². The molecular formula is C15H22N2O3. The highest BCUT2D eigenvalue weighted by Crippen LogP contribution is 2.18. The van der Waals surface area contributed by atoms with E-state index in [1.54, 1.807) is 17.0 Å². The molecule has 1 aromatic carbocycles. The van der Waals surface area contributed by atoms with E-state index in [4.69, 9.17) is 10.5 Å². The number of piperidine rings is 1. The number of benzene rings is 1. The number of ether oxygens (including phenoxy) is 1. The molecule has 1 aliphatic rings. The van der Waals surface area contributed by atoms with Crippen LogP contribution >= 0.6 is 0 Å². The van der Waals surface area contributed by atoms with Crippen molar-refractivity contribution < 1.29 is 14.6 Å². The van der Waals surface area contributed by atoms with Gasteiger partial charge in [-0.25, -0.2) is 0 Å². The van der Waals surface area contributed by atoms with Crippen LogP contribution in [0.25, 0.3) is 0 Å². The third-order valence-electron chi connectivity index (χ3n) is 3.66. The minimum atomic E-state index is -0.289. The van der Waals surface area contributed by atoms with Crippen molar-refractivity contribution in [2.75, 3.05) is 25.4 Å². The van der Waals surface area contributed by atoms with Crippen LogP contribution in [0.4, 0.5) is 5.69 Å². The Kier molecular flexibility index (Phi) is 4.84. The Morgan fingerprint density at radius 2 is 2.35 bits per heavy atom. The van der Waals surface area contributed by atoms with E-state index < -0.39 is 0 Å². The molecule has 0 aromatic heterocycles. The molecule has 2 rings (SSSR count). The summed E-state index contributed by atoms with van der Waals surface area (Å²) in [5.74, 6) is 0.899. The smallest absolute Gasteiger partial charge is 0.226 e. The molecule has 110 valence electrons. The molecule has 1 fully saturated rings. The Hall–Kier alpha value is -1.75. The first-order valence-electron chi connectivity index (χ1n) is 7.00. The lowest BCUT2D eigenvalue weighted by Crippen LogP contribution is -2.45. The molecule has 2 atom stereocenters. The van der Waals surface area contributed by atoms with Gasteiger partial charge in [-0.1, -0.05) is 13.0 Å². The SMILES string of the molecule is CC1CN(C(=O)CCOc2cccc(N)c2)CCC1O. The van der Waals surface area contributed by atoms with Gasteiger partial charge < -0.3 is 20.5 Å². The van der Waals surface area contributed by atoms with Crippen molar-refractivity contribution in [2.24, 2.45) is 5.92 Å². The maximum atomic E-state index is 12.0. The van der Waals surface area contributed by atoms with Gasteiger partial charge in [0.15, 0.2) is 0 Å². The van der Waals surface area contributed by atoms with Crippen molar-refractivity contribution in [2.45, 2.75) is 25.9 Å². The summed E-state index contributed by atoms with van der Waals surface area (Å²) in [7, 11) is 0. The van der Waals surface area contributed by atoms with E-state index in [9.17, 15) is 9.90 Å². The van der Waals surface area contributed by atoms with Crippen LogP contribution in [0.5, 0.6) is 5.75 Å². The number of hydrogen-bond donors (Lipinski definition) is 2. The number of nitrogens with two attached hydrogens (primary N) is 1. The summed E-state index contributed by atoms with van der Waals surface area (Å²) >= 11 is 0. The van der Waals surface area contributed by atoms with Gasteiger partial charge >= 0.3 is 0 Å². The number of nitrogens with zero attached hydrogens (tertiary/aromatic N) is 1. The quantitative estimate of drug-likeness (QED) is 0.813. The summed E-state index contributed by atoms with van der Waals surface area (Å²) in [4.78, 5) is 13.9. The lowest BCUT2D eigenvalue weighted by atomic mass is 9.96. The van der Waals surface area contributed by atoms with Crippen LogP contribution in [0.15, 0.2) is 24.3 Å². The van der Waals surface area contributed by atoms with Crippen molar-refractivity contribution in [3.05, 3.63) is 24.3 Å². The molecule has 5 heteroatoms. The van der Waals surface area contributed by atoms with E-state index in [0.717, 1.165) is 0 Å². The monoisotopic (exact) mass is 278 g/mol. The van der Waals surface area contributed by atoms with Gasteiger partial charge in [-0.2, -0.15) is 0 Å². The fraction of sp³-hybridized carbons (Fsp3) is 0.533. The predicted octanol–water partition coefficient (Wildman–Crippen LogP) is 1.27. The second kappa shape index (κ2) is 6.61. The van der Waals surface area contributed by atoms with Gasteiger partial charge in [-0.05, 0) is 24.5 Å². The Morgan fingerprint density at radius 3 is 3.05 bits per heavy atom. The van der Waals surface area contributed by atoms with Gasteiger partial charge in [0.2, 0.25) is 5.91 Å². The molecule has 1 amide bonds. The van der Waals surface area contributed by atoms with Gasteiger partial charge in [-0.15, -0.1) is 0 Å². The Morgan fingerprint density at radius 1 is 1.55 bits per heavy atom. The van der Waals surface area contributed by atoms with Crippen LogP contribution in [-0.2, 0) is 4.79 Å². The van der Waals surface area contributed by atoms with E-state index >= 15 is 0 Å². The minimum absolute atomic E-state index is 0.0765. The van der Waals surface area contributed by atoms with Gasteiger partial charge in [0.25, 0.3) is 0 Å². The van der Waals surface area contributed by atoms with Crippen molar-refractivity contribution >= 4 is 11.6 Å². The highest BCUT2D eigenvalue weighted by atomic mass is 16.5. The first-order valence-corrected chi connectivity index (χ1v) is 7.00. The van der Waals surface area contributed by atoms with Crippen molar-refractivity contribution in [1.82, 2.24) is 4.90 Å². The average molecular weight is 278 g/mol. The Bertz CT molecular complexity index is 464. The Labute approximate surface area is 119 Å². The number of carbonyl (C=O) groups is 1. The molecule has 0 spiro atoms. The fourth-order valence-corrected chi connectivity index (χ4v) is 2.38. The largest absolute Gasteiger partial charge is 0.493 e. The summed E-state index contributed by atoms with van der Waals surface area (Å²) < 4.78 is 5.52. The zero-order valence-electron chi connectivity index (χ0n) is 11.8. The maximum Gasteiger partial charge on any atom is 0.226 e. The standard InChI is InChI=1S/C15H22N2O3/c1-11-10-17(7-5-14(11)18)15(19)6-8-20-13-4-2-3-12(16)9-13/h2-4,9,11,14,18H,5-8,10,16H2,1H3. The van der Waals surface area contributed by atoms with Crippen LogP contribution in [0, 0.1) is 5.92 Å².